The number of Topliss-reactive ketones (excluding diaryl/α,β-unsaturated/α-hetero) is 1. The van der Waals surface area contributed by atoms with Crippen molar-refractivity contribution in [2.24, 2.45) is 0 Å². The summed E-state index contributed by atoms with van der Waals surface area (Å²) in [7, 11) is 0. The van der Waals surface area contributed by atoms with Gasteiger partial charge in [0.2, 0.25) is 5.76 Å². The summed E-state index contributed by atoms with van der Waals surface area (Å²) in [6, 6.07) is 16.1. The van der Waals surface area contributed by atoms with Crippen LogP contribution in [0.25, 0.3) is 11.0 Å². The third kappa shape index (κ3) is 3.11. The van der Waals surface area contributed by atoms with Crippen LogP contribution in [0, 0.1) is 5.82 Å². The van der Waals surface area contributed by atoms with Gasteiger partial charge in [0.1, 0.15) is 11.4 Å². The van der Waals surface area contributed by atoms with Crippen LogP contribution in [-0.4, -0.2) is 11.7 Å². The zero-order chi connectivity index (χ0) is 22.6. The molecule has 1 amide bonds. The molecular formula is C25H15ClFNO4. The maximum Gasteiger partial charge on any atom is 0.295 e. The van der Waals surface area contributed by atoms with Crippen LogP contribution in [0.4, 0.5) is 10.1 Å². The molecule has 0 saturated heterocycles. The molecule has 0 bridgehead atoms. The zero-order valence-corrected chi connectivity index (χ0v) is 17.5. The van der Waals surface area contributed by atoms with Crippen molar-refractivity contribution in [3.05, 3.63) is 110 Å². The van der Waals surface area contributed by atoms with E-state index in [1.54, 1.807) is 48.5 Å². The van der Waals surface area contributed by atoms with Crippen LogP contribution >= 0.6 is 11.6 Å². The average molecular weight is 448 g/mol. The van der Waals surface area contributed by atoms with Crippen molar-refractivity contribution in [2.45, 2.75) is 13.0 Å². The fourth-order valence-electron chi connectivity index (χ4n) is 4.03. The molecule has 5 nitrogen and oxygen atoms in total. The molecule has 0 N–H and O–H groups in total. The second kappa shape index (κ2) is 7.43. The van der Waals surface area contributed by atoms with Gasteiger partial charge in [-0.15, -0.1) is 0 Å². The second-order valence-corrected chi connectivity index (χ2v) is 7.98. The molecule has 5 rings (SSSR count). The van der Waals surface area contributed by atoms with Crippen LogP contribution in [0.2, 0.25) is 5.02 Å². The predicted molar refractivity (Wildman–Crippen MR) is 119 cm³/mol. The minimum atomic E-state index is -0.804. The molecule has 158 valence electrons. The van der Waals surface area contributed by atoms with Gasteiger partial charge in [-0.2, -0.15) is 0 Å². The van der Waals surface area contributed by atoms with E-state index in [4.69, 9.17) is 16.0 Å². The summed E-state index contributed by atoms with van der Waals surface area (Å²) < 4.78 is 19.7. The minimum absolute atomic E-state index is 0.0595. The molecule has 4 aromatic rings. The number of amides is 1. The minimum Gasteiger partial charge on any atom is -0.450 e. The topological polar surface area (TPSA) is 67.6 Å². The Morgan fingerprint density at radius 2 is 1.69 bits per heavy atom. The van der Waals surface area contributed by atoms with Gasteiger partial charge < -0.3 is 4.42 Å². The van der Waals surface area contributed by atoms with Gasteiger partial charge in [-0.1, -0.05) is 23.7 Å². The summed E-state index contributed by atoms with van der Waals surface area (Å²) in [5.41, 5.74) is 1.41. The standard InChI is InChI=1S/C25H15ClFNO4/c1-13(29)14-4-9-18(10-5-14)28-22(15-2-6-16(26)7-3-15)21-23(30)19-12-17(27)8-11-20(19)32-24(21)25(28)31/h2-12,22H,1H3. The van der Waals surface area contributed by atoms with E-state index in [9.17, 15) is 18.8 Å². The van der Waals surface area contributed by atoms with Gasteiger partial charge in [-0.25, -0.2) is 4.39 Å². The number of carbonyl (C=O) groups excluding carboxylic acids is 2. The molecule has 1 aliphatic rings. The predicted octanol–water partition coefficient (Wildman–Crippen LogP) is 5.54. The number of carbonyl (C=O) groups is 2. The molecule has 3 aromatic carbocycles. The van der Waals surface area contributed by atoms with Gasteiger partial charge in [0.25, 0.3) is 5.91 Å². The summed E-state index contributed by atoms with van der Waals surface area (Å²) >= 11 is 6.04. The van der Waals surface area contributed by atoms with Crippen molar-refractivity contribution in [1.29, 1.82) is 0 Å². The smallest absolute Gasteiger partial charge is 0.295 e. The summed E-state index contributed by atoms with van der Waals surface area (Å²) in [6.45, 7) is 1.45. The molecule has 1 unspecified atom stereocenters. The van der Waals surface area contributed by atoms with Crippen molar-refractivity contribution in [2.75, 3.05) is 4.90 Å². The van der Waals surface area contributed by atoms with Crippen molar-refractivity contribution in [3.63, 3.8) is 0 Å². The van der Waals surface area contributed by atoms with Gasteiger partial charge in [0.05, 0.1) is 17.0 Å². The van der Waals surface area contributed by atoms with Crippen LogP contribution in [0.15, 0.2) is 75.9 Å². The third-order valence-electron chi connectivity index (χ3n) is 5.57. The van der Waals surface area contributed by atoms with Crippen LogP contribution < -0.4 is 10.3 Å². The highest BCUT2D eigenvalue weighted by atomic mass is 35.5. The number of anilines is 1. The average Bonchev–Trinajstić information content (AvgIpc) is 3.07. The quantitative estimate of drug-likeness (QED) is 0.387. The summed E-state index contributed by atoms with van der Waals surface area (Å²) in [6.07, 6.45) is 0. The lowest BCUT2D eigenvalue weighted by Crippen LogP contribution is -2.29. The van der Waals surface area contributed by atoms with E-state index in [-0.39, 0.29) is 28.1 Å². The fourth-order valence-corrected chi connectivity index (χ4v) is 4.15. The Morgan fingerprint density at radius 1 is 1.00 bits per heavy atom. The van der Waals surface area contributed by atoms with E-state index in [0.29, 0.717) is 21.8 Å². The summed E-state index contributed by atoms with van der Waals surface area (Å²) in [5, 5.41) is 0.563. The van der Waals surface area contributed by atoms with E-state index >= 15 is 0 Å². The lowest BCUT2D eigenvalue weighted by molar-refractivity contribution is 0.0970. The first-order chi connectivity index (χ1) is 15.3. The lowest BCUT2D eigenvalue weighted by atomic mass is 9.98. The first kappa shape index (κ1) is 20.2. The number of hydrogen-bond acceptors (Lipinski definition) is 4. The number of fused-ring (bicyclic) bond motifs is 2. The van der Waals surface area contributed by atoms with Crippen LogP contribution in [0.5, 0.6) is 0 Å². The number of ketones is 1. The Balaban J connectivity index is 1.77. The third-order valence-corrected chi connectivity index (χ3v) is 5.82. The Bertz CT molecular complexity index is 1460. The highest BCUT2D eigenvalue weighted by molar-refractivity contribution is 6.30. The molecule has 0 radical (unpaired) electrons. The Hall–Kier alpha value is -3.77. The fraction of sp³-hybridized carbons (Fsp3) is 0.0800. The van der Waals surface area contributed by atoms with Crippen LogP contribution in [0.3, 0.4) is 0 Å². The first-order valence-corrected chi connectivity index (χ1v) is 10.2. The number of benzene rings is 3. The Morgan fingerprint density at radius 3 is 2.34 bits per heavy atom. The van der Waals surface area contributed by atoms with E-state index in [1.165, 1.54) is 24.0 Å². The molecular weight excluding hydrogens is 433 g/mol. The number of nitrogens with zero attached hydrogens (tertiary/aromatic N) is 1. The maximum atomic E-state index is 13.9. The molecule has 1 aromatic heterocycles. The number of rotatable bonds is 3. The van der Waals surface area contributed by atoms with Crippen molar-refractivity contribution in [1.82, 2.24) is 0 Å². The molecule has 7 heteroatoms. The van der Waals surface area contributed by atoms with E-state index in [0.717, 1.165) is 6.07 Å². The van der Waals surface area contributed by atoms with Gasteiger partial charge in [-0.05, 0) is 67.1 Å². The van der Waals surface area contributed by atoms with Crippen LogP contribution in [-0.2, 0) is 0 Å². The molecule has 1 atom stereocenters. The molecule has 0 spiro atoms. The second-order valence-electron chi connectivity index (χ2n) is 7.55. The monoisotopic (exact) mass is 447 g/mol. The van der Waals surface area contributed by atoms with Gasteiger partial charge in [0.15, 0.2) is 11.2 Å². The van der Waals surface area contributed by atoms with E-state index < -0.39 is 23.2 Å². The maximum absolute atomic E-state index is 13.9. The molecule has 1 aliphatic heterocycles. The Labute approximate surface area is 186 Å². The first-order valence-electron chi connectivity index (χ1n) is 9.81. The molecule has 32 heavy (non-hydrogen) atoms. The lowest BCUT2D eigenvalue weighted by Gasteiger charge is -2.25. The number of halogens is 2. The normalized spacial score (nSPS) is 15.3. The molecule has 0 aliphatic carbocycles. The van der Waals surface area contributed by atoms with Crippen molar-refractivity contribution >= 4 is 39.9 Å². The zero-order valence-electron chi connectivity index (χ0n) is 16.8. The van der Waals surface area contributed by atoms with Gasteiger partial charge in [0, 0.05) is 16.3 Å². The summed E-state index contributed by atoms with van der Waals surface area (Å²) in [5.74, 6) is -1.27. The number of hydrogen-bond donors (Lipinski definition) is 0. The Kier molecular flexibility index (Phi) is 4.68. The van der Waals surface area contributed by atoms with Gasteiger partial charge in [-0.3, -0.25) is 19.3 Å². The van der Waals surface area contributed by atoms with Crippen molar-refractivity contribution < 1.29 is 18.4 Å². The highest BCUT2D eigenvalue weighted by Crippen LogP contribution is 2.41. The van der Waals surface area contributed by atoms with E-state index in [1.807, 2.05) is 0 Å². The SMILES string of the molecule is CC(=O)c1ccc(N2C(=O)c3oc4ccc(F)cc4c(=O)c3C2c2ccc(Cl)cc2)cc1. The molecule has 2 heterocycles. The van der Waals surface area contributed by atoms with Gasteiger partial charge >= 0.3 is 0 Å². The molecule has 0 saturated carbocycles. The van der Waals surface area contributed by atoms with E-state index in [2.05, 4.69) is 0 Å². The molecule has 0 fully saturated rings. The van der Waals surface area contributed by atoms with Crippen molar-refractivity contribution in [3.8, 4) is 0 Å². The summed E-state index contributed by atoms with van der Waals surface area (Å²) in [4.78, 5) is 40.0. The van der Waals surface area contributed by atoms with Crippen LogP contribution in [0.1, 0.15) is 45.0 Å². The highest BCUT2D eigenvalue weighted by Gasteiger charge is 2.43. The largest absolute Gasteiger partial charge is 0.450 e.